The van der Waals surface area contributed by atoms with Crippen LogP contribution in [0.3, 0.4) is 0 Å². The summed E-state index contributed by atoms with van der Waals surface area (Å²) < 4.78 is 48.3. The summed E-state index contributed by atoms with van der Waals surface area (Å²) in [5, 5.41) is 7.12. The van der Waals surface area contributed by atoms with Gasteiger partial charge in [0, 0.05) is 37.9 Å². The number of carbonyl (C=O) groups excluding carboxylic acids is 2. The third-order valence-corrected chi connectivity index (χ3v) is 6.68. The molecule has 13 heteroatoms. The van der Waals surface area contributed by atoms with Crippen LogP contribution in [0.25, 0.3) is 0 Å². The number of pyridine rings is 1. The molecule has 2 unspecified atom stereocenters. The molecule has 1 spiro atoms. The number of morpholine rings is 1. The molecule has 2 fully saturated rings. The fourth-order valence-electron chi connectivity index (χ4n) is 4.74. The van der Waals surface area contributed by atoms with Gasteiger partial charge in [-0.2, -0.15) is 13.2 Å². The van der Waals surface area contributed by atoms with Gasteiger partial charge in [0.2, 0.25) is 0 Å². The number of likely N-dealkylation sites (tertiary alicyclic amines) is 1. The number of nitrogens with zero attached hydrogens (tertiary/aromatic N) is 3. The number of aliphatic carboxylic acids is 1. The van der Waals surface area contributed by atoms with Crippen LogP contribution in [0.2, 0.25) is 0 Å². The molecule has 0 aliphatic carbocycles. The molecule has 5 rings (SSSR count). The maximum absolute atomic E-state index is 13.9. The molecule has 4 heterocycles. The summed E-state index contributed by atoms with van der Waals surface area (Å²) in [4.78, 5) is 43.7. The molecule has 2 amide bonds. The second kappa shape index (κ2) is 11.8. The van der Waals surface area contributed by atoms with Crippen molar-refractivity contribution in [3.8, 4) is 5.75 Å². The second-order valence-electron chi connectivity index (χ2n) is 9.15. The van der Waals surface area contributed by atoms with Crippen LogP contribution in [0.15, 0.2) is 71.8 Å². The molecule has 3 aromatic rings. The van der Waals surface area contributed by atoms with Crippen LogP contribution in [0.5, 0.6) is 5.75 Å². The Morgan fingerprint density at radius 2 is 1.93 bits per heavy atom. The average Bonchev–Trinajstić information content (AvgIpc) is 3.61. The minimum absolute atomic E-state index is 0.110. The fourth-order valence-corrected chi connectivity index (χ4v) is 4.74. The quantitative estimate of drug-likeness (QED) is 0.503. The van der Waals surface area contributed by atoms with E-state index in [0.717, 1.165) is 16.9 Å². The zero-order valence-corrected chi connectivity index (χ0v) is 21.3. The topological polar surface area (TPSA) is 122 Å². The molecule has 2 saturated heterocycles. The average molecular weight is 562 g/mol. The minimum atomic E-state index is -5.08. The van der Waals surface area contributed by atoms with Crippen molar-refractivity contribution in [1.82, 2.24) is 14.8 Å². The van der Waals surface area contributed by atoms with Gasteiger partial charge in [0.15, 0.2) is 5.60 Å². The number of hydrogen-bond donors (Lipinski definition) is 1. The Kier molecular flexibility index (Phi) is 8.43. The number of rotatable bonds is 5. The Morgan fingerprint density at radius 1 is 1.20 bits per heavy atom. The van der Waals surface area contributed by atoms with Gasteiger partial charge >= 0.3 is 12.1 Å². The molecule has 1 aromatic carbocycles. The Bertz CT molecular complexity index is 1320. The summed E-state index contributed by atoms with van der Waals surface area (Å²) in [6.45, 7) is 1.88. The van der Waals surface area contributed by atoms with Gasteiger partial charge in [0.1, 0.15) is 12.0 Å². The first-order chi connectivity index (χ1) is 19.0. The van der Waals surface area contributed by atoms with Crippen LogP contribution in [0.4, 0.5) is 13.2 Å². The zero-order chi connectivity index (χ0) is 28.9. The summed E-state index contributed by atoms with van der Waals surface area (Å²) in [7, 11) is 1.62. The highest BCUT2D eigenvalue weighted by molar-refractivity contribution is 5.96. The van der Waals surface area contributed by atoms with Gasteiger partial charge in [-0.3, -0.25) is 14.6 Å². The van der Waals surface area contributed by atoms with E-state index in [1.807, 2.05) is 41.3 Å². The molecule has 212 valence electrons. The normalized spacial score (nSPS) is 20.7. The number of hydrogen-bond acceptors (Lipinski definition) is 7. The number of benzene rings is 1. The standard InChI is InChI=1S/C25H25N3O5.C2HF3O2/c1-31-21-6-4-18(5-7-21)14-27-10-12-33-25(24(27)30)17-28(23(29)20-8-11-32-16-20)15-22(25)19-3-2-9-26-13-19;3-2(4,5)1(6)7/h2-9,11,13,16,22H,10,12,14-15,17H2,1H3;(H,6,7). The van der Waals surface area contributed by atoms with Crippen molar-refractivity contribution >= 4 is 17.8 Å². The van der Waals surface area contributed by atoms with Gasteiger partial charge in [0.05, 0.1) is 32.1 Å². The van der Waals surface area contributed by atoms with Crippen molar-refractivity contribution in [3.05, 3.63) is 84.1 Å². The van der Waals surface area contributed by atoms with Crippen LogP contribution in [-0.4, -0.2) is 82.8 Å². The van der Waals surface area contributed by atoms with Gasteiger partial charge in [-0.25, -0.2) is 4.79 Å². The van der Waals surface area contributed by atoms with E-state index in [1.165, 1.54) is 12.5 Å². The smallest absolute Gasteiger partial charge is 0.490 e. The lowest BCUT2D eigenvalue weighted by Crippen LogP contribution is -2.60. The zero-order valence-electron chi connectivity index (χ0n) is 21.3. The van der Waals surface area contributed by atoms with Crippen LogP contribution < -0.4 is 4.74 Å². The number of furan rings is 1. The van der Waals surface area contributed by atoms with E-state index >= 15 is 0 Å². The summed E-state index contributed by atoms with van der Waals surface area (Å²) in [5.74, 6) is -2.61. The van der Waals surface area contributed by atoms with Crippen LogP contribution >= 0.6 is 0 Å². The monoisotopic (exact) mass is 561 g/mol. The van der Waals surface area contributed by atoms with E-state index in [-0.39, 0.29) is 24.3 Å². The Labute approximate surface area is 226 Å². The molecule has 2 atom stereocenters. The van der Waals surface area contributed by atoms with E-state index in [1.54, 1.807) is 30.5 Å². The van der Waals surface area contributed by atoms with Crippen LogP contribution in [-0.2, 0) is 20.9 Å². The molecule has 0 bridgehead atoms. The number of ether oxygens (including phenoxy) is 2. The largest absolute Gasteiger partial charge is 0.497 e. The molecule has 0 radical (unpaired) electrons. The lowest BCUT2D eigenvalue weighted by atomic mass is 9.83. The van der Waals surface area contributed by atoms with E-state index in [0.29, 0.717) is 31.8 Å². The molecular formula is C27H26F3N3O7. The van der Waals surface area contributed by atoms with Crippen molar-refractivity contribution in [1.29, 1.82) is 0 Å². The molecular weight excluding hydrogens is 535 g/mol. The molecule has 2 aliphatic rings. The summed E-state index contributed by atoms with van der Waals surface area (Å²) in [6, 6.07) is 13.1. The highest BCUT2D eigenvalue weighted by atomic mass is 19.4. The van der Waals surface area contributed by atoms with E-state index in [9.17, 15) is 22.8 Å². The van der Waals surface area contributed by atoms with E-state index < -0.39 is 17.7 Å². The Morgan fingerprint density at radius 3 is 2.50 bits per heavy atom. The highest BCUT2D eigenvalue weighted by Gasteiger charge is 2.58. The minimum Gasteiger partial charge on any atom is -0.497 e. The van der Waals surface area contributed by atoms with Crippen molar-refractivity contribution in [2.45, 2.75) is 24.2 Å². The lowest BCUT2D eigenvalue weighted by Gasteiger charge is -2.42. The number of alkyl halides is 3. The number of aromatic nitrogens is 1. The maximum atomic E-state index is 13.9. The van der Waals surface area contributed by atoms with Gasteiger partial charge < -0.3 is 28.8 Å². The SMILES string of the molecule is COc1ccc(CN2CCOC3(CN(C(=O)c4ccoc4)CC3c3cccnc3)C2=O)cc1.O=C(O)C(F)(F)F. The highest BCUT2D eigenvalue weighted by Crippen LogP contribution is 2.42. The van der Waals surface area contributed by atoms with Gasteiger partial charge in [0.25, 0.3) is 11.8 Å². The fraction of sp³-hybridized carbons (Fsp3) is 0.333. The summed E-state index contributed by atoms with van der Waals surface area (Å²) >= 11 is 0. The van der Waals surface area contributed by atoms with E-state index in [2.05, 4.69) is 4.98 Å². The molecule has 10 nitrogen and oxygen atoms in total. The maximum Gasteiger partial charge on any atom is 0.490 e. The lowest BCUT2D eigenvalue weighted by molar-refractivity contribution is -0.192. The summed E-state index contributed by atoms with van der Waals surface area (Å²) in [6.07, 6.45) is 1.25. The number of carbonyl (C=O) groups is 3. The van der Waals surface area contributed by atoms with Crippen molar-refractivity contribution in [2.24, 2.45) is 0 Å². The predicted octanol–water partition coefficient (Wildman–Crippen LogP) is 3.35. The molecule has 0 saturated carbocycles. The number of methoxy groups -OCH3 is 1. The first-order valence-corrected chi connectivity index (χ1v) is 12.1. The molecule has 1 N–H and O–H groups in total. The number of carboxylic acid groups (broad SMARTS) is 1. The van der Waals surface area contributed by atoms with Gasteiger partial charge in [-0.15, -0.1) is 0 Å². The van der Waals surface area contributed by atoms with E-state index in [4.69, 9.17) is 23.8 Å². The second-order valence-corrected chi connectivity index (χ2v) is 9.15. The molecule has 40 heavy (non-hydrogen) atoms. The first-order valence-electron chi connectivity index (χ1n) is 12.1. The third-order valence-electron chi connectivity index (χ3n) is 6.68. The number of carboxylic acids is 1. The van der Waals surface area contributed by atoms with Gasteiger partial charge in [-0.05, 0) is 35.4 Å². The third kappa shape index (κ3) is 6.09. The van der Waals surface area contributed by atoms with Gasteiger partial charge in [-0.1, -0.05) is 18.2 Å². The predicted molar refractivity (Wildman–Crippen MR) is 132 cm³/mol. The summed E-state index contributed by atoms with van der Waals surface area (Å²) in [5.41, 5.74) is 1.17. The van der Waals surface area contributed by atoms with Crippen molar-refractivity contribution < 1.29 is 46.6 Å². The number of amides is 2. The van der Waals surface area contributed by atoms with Crippen LogP contribution in [0.1, 0.15) is 27.4 Å². The number of halogens is 3. The molecule has 2 aromatic heterocycles. The van der Waals surface area contributed by atoms with Crippen LogP contribution in [0, 0.1) is 0 Å². The van der Waals surface area contributed by atoms with Crippen molar-refractivity contribution in [3.63, 3.8) is 0 Å². The Balaban J connectivity index is 0.000000470. The van der Waals surface area contributed by atoms with Crippen molar-refractivity contribution in [2.75, 3.05) is 33.4 Å². The first kappa shape index (κ1) is 28.6. The Hall–Kier alpha value is -4.39. The molecule has 2 aliphatic heterocycles.